The first-order valence-corrected chi connectivity index (χ1v) is 10.4. The number of hydrogen-bond acceptors (Lipinski definition) is 3. The predicted molar refractivity (Wildman–Crippen MR) is 114 cm³/mol. The molecule has 0 spiro atoms. The molecule has 0 saturated carbocycles. The molecule has 1 aromatic heterocycles. The number of furan rings is 1. The fourth-order valence-electron chi connectivity index (χ4n) is 4.07. The van der Waals surface area contributed by atoms with E-state index in [9.17, 15) is 9.59 Å². The third-order valence-corrected chi connectivity index (χ3v) is 5.78. The second kappa shape index (κ2) is 8.44. The van der Waals surface area contributed by atoms with Crippen molar-refractivity contribution in [1.29, 1.82) is 0 Å². The largest absolute Gasteiger partial charge is 0.459 e. The maximum atomic E-state index is 12.7. The number of nitrogens with zero attached hydrogens (tertiary/aromatic N) is 1. The second-order valence-electron chi connectivity index (χ2n) is 9.01. The molecule has 156 valence electrons. The molecule has 2 amide bonds. The van der Waals surface area contributed by atoms with Gasteiger partial charge in [-0.1, -0.05) is 32.9 Å². The molecule has 5 nitrogen and oxygen atoms in total. The van der Waals surface area contributed by atoms with Crippen molar-refractivity contribution in [3.8, 4) is 0 Å². The molecule has 2 aromatic rings. The first kappa shape index (κ1) is 21.2. The van der Waals surface area contributed by atoms with E-state index in [0.29, 0.717) is 19.5 Å². The van der Waals surface area contributed by atoms with Crippen LogP contribution in [0.15, 0.2) is 34.9 Å². The summed E-state index contributed by atoms with van der Waals surface area (Å²) in [5.74, 6) is -0.00369. The van der Waals surface area contributed by atoms with Gasteiger partial charge in [0.1, 0.15) is 6.04 Å². The SMILES string of the molecule is Cc1cc(C(C)(C)C)cc(C)c1CCNC(=O)[C@@H]1CCCN1C(=O)c1ccco1. The predicted octanol–water partition coefficient (Wildman–Crippen LogP) is 4.16. The summed E-state index contributed by atoms with van der Waals surface area (Å²) in [5.41, 5.74) is 5.26. The lowest BCUT2D eigenvalue weighted by Crippen LogP contribution is -2.46. The topological polar surface area (TPSA) is 62.6 Å². The Morgan fingerprint density at radius 3 is 2.48 bits per heavy atom. The molecule has 1 aliphatic heterocycles. The summed E-state index contributed by atoms with van der Waals surface area (Å²) in [6, 6.07) is 7.42. The number of carbonyl (C=O) groups is 2. The van der Waals surface area contributed by atoms with E-state index < -0.39 is 6.04 Å². The zero-order valence-corrected chi connectivity index (χ0v) is 18.2. The van der Waals surface area contributed by atoms with Gasteiger partial charge in [-0.15, -0.1) is 0 Å². The molecule has 1 aromatic carbocycles. The lowest BCUT2D eigenvalue weighted by atomic mass is 9.83. The van der Waals surface area contributed by atoms with Crippen LogP contribution in [0, 0.1) is 13.8 Å². The highest BCUT2D eigenvalue weighted by Crippen LogP contribution is 2.27. The maximum absolute atomic E-state index is 12.7. The lowest BCUT2D eigenvalue weighted by Gasteiger charge is -2.24. The number of likely N-dealkylation sites (tertiary alicyclic amines) is 1. The molecule has 1 saturated heterocycles. The molecule has 0 radical (unpaired) electrons. The average Bonchev–Trinajstić information content (AvgIpc) is 3.34. The molecular formula is C24H32N2O3. The van der Waals surface area contributed by atoms with Crippen LogP contribution < -0.4 is 5.32 Å². The fourth-order valence-corrected chi connectivity index (χ4v) is 4.07. The molecule has 0 bridgehead atoms. The van der Waals surface area contributed by atoms with Gasteiger partial charge in [0.05, 0.1) is 6.26 Å². The Hall–Kier alpha value is -2.56. The van der Waals surface area contributed by atoms with Crippen LogP contribution in [0.1, 0.15) is 66.4 Å². The van der Waals surface area contributed by atoms with Crippen molar-refractivity contribution < 1.29 is 14.0 Å². The molecular weight excluding hydrogens is 364 g/mol. The van der Waals surface area contributed by atoms with Crippen LogP contribution in [0.5, 0.6) is 0 Å². The van der Waals surface area contributed by atoms with Crippen LogP contribution in [-0.2, 0) is 16.6 Å². The molecule has 0 aliphatic carbocycles. The van der Waals surface area contributed by atoms with E-state index in [-0.39, 0.29) is 23.0 Å². The summed E-state index contributed by atoms with van der Waals surface area (Å²) < 4.78 is 5.21. The average molecular weight is 397 g/mol. The van der Waals surface area contributed by atoms with Gasteiger partial charge in [-0.3, -0.25) is 9.59 Å². The van der Waals surface area contributed by atoms with Gasteiger partial charge >= 0.3 is 0 Å². The van der Waals surface area contributed by atoms with Crippen molar-refractivity contribution in [2.24, 2.45) is 0 Å². The Morgan fingerprint density at radius 2 is 1.90 bits per heavy atom. The van der Waals surface area contributed by atoms with Gasteiger partial charge in [-0.2, -0.15) is 0 Å². The van der Waals surface area contributed by atoms with Crippen molar-refractivity contribution >= 4 is 11.8 Å². The van der Waals surface area contributed by atoms with Crippen molar-refractivity contribution in [1.82, 2.24) is 10.2 Å². The number of aryl methyl sites for hydroxylation is 2. The highest BCUT2D eigenvalue weighted by molar-refractivity contribution is 5.95. The molecule has 3 rings (SSSR count). The summed E-state index contributed by atoms with van der Waals surface area (Å²) >= 11 is 0. The Labute approximate surface area is 173 Å². The summed E-state index contributed by atoms with van der Waals surface area (Å²) in [4.78, 5) is 26.9. The van der Waals surface area contributed by atoms with E-state index in [4.69, 9.17) is 4.42 Å². The van der Waals surface area contributed by atoms with Crippen LogP contribution in [0.3, 0.4) is 0 Å². The van der Waals surface area contributed by atoms with Crippen molar-refractivity contribution in [3.63, 3.8) is 0 Å². The molecule has 0 unspecified atom stereocenters. The van der Waals surface area contributed by atoms with E-state index in [1.54, 1.807) is 17.0 Å². The van der Waals surface area contributed by atoms with E-state index in [1.165, 1.54) is 28.5 Å². The number of hydrogen-bond donors (Lipinski definition) is 1. The molecule has 1 fully saturated rings. The van der Waals surface area contributed by atoms with Crippen molar-refractivity contribution in [3.05, 3.63) is 58.5 Å². The standard InChI is InChI=1S/C24H32N2O3/c1-16-14-18(24(3,4)5)15-17(2)19(16)10-11-25-22(27)20-8-6-12-26(20)23(28)21-9-7-13-29-21/h7,9,13-15,20H,6,8,10-12H2,1-5H3,(H,25,27)/t20-/m0/s1. The molecule has 1 aliphatic rings. The number of nitrogens with one attached hydrogen (secondary N) is 1. The molecule has 1 atom stereocenters. The Morgan fingerprint density at radius 1 is 1.21 bits per heavy atom. The normalized spacial score (nSPS) is 16.9. The van der Waals surface area contributed by atoms with Crippen molar-refractivity contribution in [2.75, 3.05) is 13.1 Å². The van der Waals surface area contributed by atoms with E-state index in [2.05, 4.69) is 52.1 Å². The number of benzene rings is 1. The molecule has 5 heteroatoms. The highest BCUT2D eigenvalue weighted by atomic mass is 16.3. The first-order chi connectivity index (χ1) is 13.7. The minimum absolute atomic E-state index is 0.0796. The summed E-state index contributed by atoms with van der Waals surface area (Å²) in [6.07, 6.45) is 3.79. The Balaban J connectivity index is 1.60. The van der Waals surface area contributed by atoms with Crippen LogP contribution in [0.25, 0.3) is 0 Å². The smallest absolute Gasteiger partial charge is 0.290 e. The van der Waals surface area contributed by atoms with Crippen molar-refractivity contribution in [2.45, 2.75) is 65.3 Å². The monoisotopic (exact) mass is 396 g/mol. The first-order valence-electron chi connectivity index (χ1n) is 10.4. The minimum atomic E-state index is -0.418. The van der Waals surface area contributed by atoms with Crippen LogP contribution in [-0.4, -0.2) is 35.8 Å². The third-order valence-electron chi connectivity index (χ3n) is 5.78. The number of carbonyl (C=O) groups excluding carboxylic acids is 2. The van der Waals surface area contributed by atoms with Gasteiger partial charge in [0.25, 0.3) is 5.91 Å². The van der Waals surface area contributed by atoms with Gasteiger partial charge in [0.15, 0.2) is 5.76 Å². The van der Waals surface area contributed by atoms with E-state index >= 15 is 0 Å². The minimum Gasteiger partial charge on any atom is -0.459 e. The van der Waals surface area contributed by atoms with Crippen LogP contribution in [0.2, 0.25) is 0 Å². The van der Waals surface area contributed by atoms with Gasteiger partial charge in [-0.25, -0.2) is 0 Å². The second-order valence-corrected chi connectivity index (χ2v) is 9.01. The highest BCUT2D eigenvalue weighted by Gasteiger charge is 2.35. The quantitative estimate of drug-likeness (QED) is 0.825. The van der Waals surface area contributed by atoms with Gasteiger partial charge in [0.2, 0.25) is 5.91 Å². The fraction of sp³-hybridized carbons (Fsp3) is 0.500. The summed E-state index contributed by atoms with van der Waals surface area (Å²) in [6.45, 7) is 12.1. The summed E-state index contributed by atoms with van der Waals surface area (Å²) in [5, 5.41) is 3.04. The zero-order valence-electron chi connectivity index (χ0n) is 18.2. The molecule has 29 heavy (non-hydrogen) atoms. The Bertz CT molecular complexity index is 855. The lowest BCUT2D eigenvalue weighted by molar-refractivity contribution is -0.124. The van der Waals surface area contributed by atoms with Gasteiger partial charge < -0.3 is 14.6 Å². The number of rotatable bonds is 5. The third kappa shape index (κ3) is 4.72. The van der Waals surface area contributed by atoms with E-state index in [0.717, 1.165) is 12.8 Å². The van der Waals surface area contributed by atoms with Gasteiger partial charge in [0, 0.05) is 13.1 Å². The van der Waals surface area contributed by atoms with E-state index in [1.807, 2.05) is 0 Å². The van der Waals surface area contributed by atoms with Crippen LogP contribution in [0.4, 0.5) is 0 Å². The molecule has 2 heterocycles. The maximum Gasteiger partial charge on any atom is 0.290 e. The van der Waals surface area contributed by atoms with Crippen LogP contribution >= 0.6 is 0 Å². The van der Waals surface area contributed by atoms with Gasteiger partial charge in [-0.05, 0) is 72.9 Å². The summed E-state index contributed by atoms with van der Waals surface area (Å²) in [7, 11) is 0. The zero-order chi connectivity index (χ0) is 21.2. The molecule has 1 N–H and O–H groups in total. The number of amides is 2. The Kier molecular flexibility index (Phi) is 6.15.